The second-order valence-electron chi connectivity index (χ2n) is 8.91. The number of carbonyl (C=O) groups is 3. The van der Waals surface area contributed by atoms with E-state index in [1.165, 1.54) is 10.7 Å². The van der Waals surface area contributed by atoms with E-state index in [2.05, 4.69) is 10.4 Å². The first kappa shape index (κ1) is 24.3. The van der Waals surface area contributed by atoms with E-state index in [4.69, 9.17) is 4.74 Å². The van der Waals surface area contributed by atoms with Crippen LogP contribution in [0.5, 0.6) is 0 Å². The smallest absolute Gasteiger partial charge is 0.356 e. The van der Waals surface area contributed by atoms with Crippen molar-refractivity contribution < 1.29 is 24.2 Å². The summed E-state index contributed by atoms with van der Waals surface area (Å²) in [6, 6.07) is 15.7. The van der Waals surface area contributed by atoms with Crippen LogP contribution in [0.3, 0.4) is 0 Å². The maximum Gasteiger partial charge on any atom is 0.356 e. The molecule has 0 unspecified atom stereocenters. The second-order valence-corrected chi connectivity index (χ2v) is 8.91. The van der Waals surface area contributed by atoms with Crippen LogP contribution < -0.4 is 5.32 Å². The number of amides is 1. The number of nitrogens with zero attached hydrogens (tertiary/aromatic N) is 2. The first-order valence-electron chi connectivity index (χ1n) is 11.8. The molecular weight excluding hydrogens is 446 g/mol. The molecule has 182 valence electrons. The van der Waals surface area contributed by atoms with Gasteiger partial charge in [0.25, 0.3) is 5.91 Å². The summed E-state index contributed by atoms with van der Waals surface area (Å²) in [6.07, 6.45) is 3.41. The average molecular weight is 476 g/mol. The zero-order valence-electron chi connectivity index (χ0n) is 19.7. The fourth-order valence-electron chi connectivity index (χ4n) is 4.12. The standard InChI is InChI=1S/C27H29N3O5/c1-18-2-7-22(8-3-18)26(32)28-25-16-23(27(33)34)29-30(25)17-20-4-9-21(10-5-20)24(31)11-6-19-12-14-35-15-13-19/h2-5,7-10,16,19H,6,11-15,17H2,1H3,(H,28,32)(H,33,34). The molecule has 8 nitrogen and oxygen atoms in total. The zero-order chi connectivity index (χ0) is 24.8. The molecule has 0 radical (unpaired) electrons. The molecule has 2 aromatic carbocycles. The number of nitrogens with one attached hydrogen (secondary N) is 1. The first-order valence-corrected chi connectivity index (χ1v) is 11.8. The van der Waals surface area contributed by atoms with Gasteiger partial charge in [0.05, 0.1) is 6.54 Å². The van der Waals surface area contributed by atoms with Crippen LogP contribution in [0.4, 0.5) is 5.82 Å². The Balaban J connectivity index is 1.43. The van der Waals surface area contributed by atoms with Gasteiger partial charge in [0.1, 0.15) is 5.82 Å². The Kier molecular flexibility index (Phi) is 7.72. The molecule has 0 bridgehead atoms. The predicted octanol–water partition coefficient (Wildman–Crippen LogP) is 4.58. The molecule has 1 fully saturated rings. The number of Topliss-reactive ketones (excluding diaryl/α,β-unsaturated/α-hetero) is 1. The third-order valence-electron chi connectivity index (χ3n) is 6.28. The number of hydrogen-bond donors (Lipinski definition) is 2. The maximum atomic E-state index is 12.7. The third kappa shape index (κ3) is 6.42. The number of carbonyl (C=O) groups excluding carboxylic acids is 2. The predicted molar refractivity (Wildman–Crippen MR) is 131 cm³/mol. The fraction of sp³-hybridized carbons (Fsp3) is 0.333. The fourth-order valence-corrected chi connectivity index (χ4v) is 4.12. The van der Waals surface area contributed by atoms with E-state index in [0.29, 0.717) is 23.5 Å². The van der Waals surface area contributed by atoms with Gasteiger partial charge in [0, 0.05) is 36.8 Å². The van der Waals surface area contributed by atoms with Crippen LogP contribution in [0.1, 0.15) is 68.0 Å². The Hall–Kier alpha value is -3.78. The van der Waals surface area contributed by atoms with Crippen molar-refractivity contribution in [3.8, 4) is 0 Å². The number of hydrogen-bond acceptors (Lipinski definition) is 5. The van der Waals surface area contributed by atoms with Crippen molar-refractivity contribution in [3.05, 3.63) is 82.5 Å². The average Bonchev–Trinajstić information content (AvgIpc) is 3.26. The molecule has 8 heteroatoms. The van der Waals surface area contributed by atoms with Crippen LogP contribution in [-0.2, 0) is 11.3 Å². The van der Waals surface area contributed by atoms with Crippen molar-refractivity contribution in [1.82, 2.24) is 9.78 Å². The monoisotopic (exact) mass is 475 g/mol. The molecule has 0 spiro atoms. The van der Waals surface area contributed by atoms with Crippen LogP contribution in [0.2, 0.25) is 0 Å². The van der Waals surface area contributed by atoms with Gasteiger partial charge >= 0.3 is 5.97 Å². The van der Waals surface area contributed by atoms with Gasteiger partial charge in [-0.2, -0.15) is 5.10 Å². The van der Waals surface area contributed by atoms with Gasteiger partial charge in [-0.3, -0.25) is 9.59 Å². The summed E-state index contributed by atoms with van der Waals surface area (Å²) in [4.78, 5) is 36.7. The number of aromatic carboxylic acids is 1. The SMILES string of the molecule is Cc1ccc(C(=O)Nc2cc(C(=O)O)nn2Cc2ccc(C(=O)CCC3CCOCC3)cc2)cc1. The number of carboxylic acids is 1. The van der Waals surface area contributed by atoms with Gasteiger partial charge in [0.2, 0.25) is 0 Å². The second kappa shape index (κ2) is 11.1. The van der Waals surface area contributed by atoms with Gasteiger partial charge < -0.3 is 15.2 Å². The Bertz CT molecular complexity index is 1190. The Morgan fingerprint density at radius 1 is 1.03 bits per heavy atom. The molecule has 1 amide bonds. The summed E-state index contributed by atoms with van der Waals surface area (Å²) in [5.41, 5.74) is 2.82. The first-order chi connectivity index (χ1) is 16.9. The Morgan fingerprint density at radius 2 is 1.69 bits per heavy atom. The normalized spacial score (nSPS) is 14.0. The molecule has 0 atom stereocenters. The number of ketones is 1. The lowest BCUT2D eigenvalue weighted by molar-refractivity contribution is 0.0619. The lowest BCUT2D eigenvalue weighted by Crippen LogP contribution is -2.17. The van der Waals surface area contributed by atoms with Gasteiger partial charge in [-0.1, -0.05) is 42.0 Å². The molecule has 1 aliphatic rings. The number of rotatable bonds is 9. The number of anilines is 1. The molecule has 35 heavy (non-hydrogen) atoms. The number of benzene rings is 2. The van der Waals surface area contributed by atoms with Crippen molar-refractivity contribution in [2.45, 2.75) is 39.2 Å². The molecular formula is C27H29N3O5. The van der Waals surface area contributed by atoms with E-state index in [0.717, 1.165) is 43.6 Å². The zero-order valence-corrected chi connectivity index (χ0v) is 19.7. The van der Waals surface area contributed by atoms with E-state index in [1.54, 1.807) is 24.3 Å². The van der Waals surface area contributed by atoms with Gasteiger partial charge in [-0.05, 0) is 49.8 Å². The Morgan fingerprint density at radius 3 is 2.34 bits per heavy atom. The topological polar surface area (TPSA) is 111 Å². The maximum absolute atomic E-state index is 12.7. The highest BCUT2D eigenvalue weighted by atomic mass is 16.5. The summed E-state index contributed by atoms with van der Waals surface area (Å²) in [6.45, 7) is 3.73. The van der Waals surface area contributed by atoms with Crippen molar-refractivity contribution in [1.29, 1.82) is 0 Å². The van der Waals surface area contributed by atoms with Crippen molar-refractivity contribution in [3.63, 3.8) is 0 Å². The van der Waals surface area contributed by atoms with E-state index in [9.17, 15) is 19.5 Å². The van der Waals surface area contributed by atoms with Crippen LogP contribution in [-0.4, -0.2) is 45.8 Å². The van der Waals surface area contributed by atoms with E-state index >= 15 is 0 Å². The molecule has 0 saturated carbocycles. The largest absolute Gasteiger partial charge is 0.476 e. The highest BCUT2D eigenvalue weighted by Gasteiger charge is 2.18. The van der Waals surface area contributed by atoms with Crippen LogP contribution >= 0.6 is 0 Å². The molecule has 3 aromatic rings. The van der Waals surface area contributed by atoms with Gasteiger partial charge in [0.15, 0.2) is 11.5 Å². The molecule has 2 heterocycles. The molecule has 1 aliphatic heterocycles. The highest BCUT2D eigenvalue weighted by Crippen LogP contribution is 2.22. The summed E-state index contributed by atoms with van der Waals surface area (Å²) in [5.74, 6) is -0.594. The number of aromatic nitrogens is 2. The molecule has 1 saturated heterocycles. The summed E-state index contributed by atoms with van der Waals surface area (Å²) in [7, 11) is 0. The highest BCUT2D eigenvalue weighted by molar-refractivity contribution is 6.04. The molecule has 1 aromatic heterocycles. The van der Waals surface area contributed by atoms with Crippen molar-refractivity contribution in [2.24, 2.45) is 5.92 Å². The quantitative estimate of drug-likeness (QED) is 0.438. The number of carboxylic acid groups (broad SMARTS) is 1. The summed E-state index contributed by atoms with van der Waals surface area (Å²) < 4.78 is 6.82. The lowest BCUT2D eigenvalue weighted by Gasteiger charge is -2.21. The number of aryl methyl sites for hydroxylation is 1. The van der Waals surface area contributed by atoms with E-state index in [1.807, 2.05) is 31.2 Å². The van der Waals surface area contributed by atoms with Crippen LogP contribution in [0.15, 0.2) is 54.6 Å². The minimum Gasteiger partial charge on any atom is -0.476 e. The van der Waals surface area contributed by atoms with Gasteiger partial charge in [-0.15, -0.1) is 0 Å². The summed E-state index contributed by atoms with van der Waals surface area (Å²) >= 11 is 0. The minimum absolute atomic E-state index is 0.112. The Labute approximate surface area is 203 Å². The van der Waals surface area contributed by atoms with Crippen molar-refractivity contribution >= 4 is 23.5 Å². The van der Waals surface area contributed by atoms with Crippen LogP contribution in [0, 0.1) is 12.8 Å². The third-order valence-corrected chi connectivity index (χ3v) is 6.28. The van der Waals surface area contributed by atoms with Crippen LogP contribution in [0.25, 0.3) is 0 Å². The van der Waals surface area contributed by atoms with Gasteiger partial charge in [-0.25, -0.2) is 9.48 Å². The minimum atomic E-state index is -1.18. The van der Waals surface area contributed by atoms with Crippen molar-refractivity contribution in [2.75, 3.05) is 18.5 Å². The lowest BCUT2D eigenvalue weighted by atomic mass is 9.92. The summed E-state index contributed by atoms with van der Waals surface area (Å²) in [5, 5.41) is 16.3. The molecule has 0 aliphatic carbocycles. The molecule has 2 N–H and O–H groups in total. The number of ether oxygens (including phenoxy) is 1. The molecule has 4 rings (SSSR count). The van der Waals surface area contributed by atoms with E-state index < -0.39 is 5.97 Å². The van der Waals surface area contributed by atoms with E-state index in [-0.39, 0.29) is 29.7 Å².